The highest BCUT2D eigenvalue weighted by molar-refractivity contribution is 7.13. The molecule has 0 saturated heterocycles. The monoisotopic (exact) mass is 246 g/mol. The molecule has 0 atom stereocenters. The van der Waals surface area contributed by atoms with E-state index in [9.17, 15) is 9.59 Å². The summed E-state index contributed by atoms with van der Waals surface area (Å²) in [5, 5.41) is 10.7. The Bertz CT molecular complexity index is 584. The normalized spacial score (nSPS) is 10.2. The van der Waals surface area contributed by atoms with Crippen LogP contribution in [0.3, 0.4) is 0 Å². The Morgan fingerprint density at radius 2 is 1.94 bits per heavy atom. The van der Waals surface area contributed by atoms with E-state index in [1.54, 1.807) is 29.6 Å². The minimum atomic E-state index is -0.949. The van der Waals surface area contributed by atoms with E-state index in [1.807, 2.05) is 6.07 Å². The molecule has 1 aromatic carbocycles. The molecule has 1 heterocycles. The number of rotatable bonds is 3. The molecule has 0 unspecified atom stereocenters. The second-order valence-corrected chi connectivity index (χ2v) is 4.55. The molecule has 1 aromatic heterocycles. The third-order valence-electron chi connectivity index (χ3n) is 2.40. The molecular weight excluding hydrogens is 236 g/mol. The molecule has 0 radical (unpaired) electrons. The summed E-state index contributed by atoms with van der Waals surface area (Å²) in [5.74, 6) is -0.933. The van der Waals surface area contributed by atoms with Crippen LogP contribution in [0.2, 0.25) is 0 Å². The van der Waals surface area contributed by atoms with Crippen molar-refractivity contribution >= 4 is 23.1 Å². The first-order chi connectivity index (χ1) is 8.08. The van der Waals surface area contributed by atoms with Crippen molar-refractivity contribution in [3.8, 4) is 10.4 Å². The first-order valence-electron chi connectivity index (χ1n) is 5.01. The molecule has 0 aliphatic heterocycles. The Balaban J connectivity index is 2.42. The number of benzene rings is 1. The van der Waals surface area contributed by atoms with Crippen molar-refractivity contribution < 1.29 is 14.7 Å². The van der Waals surface area contributed by atoms with Gasteiger partial charge >= 0.3 is 5.97 Å². The second kappa shape index (κ2) is 4.51. The lowest BCUT2D eigenvalue weighted by Gasteiger charge is -1.99. The zero-order chi connectivity index (χ0) is 12.4. The highest BCUT2D eigenvalue weighted by atomic mass is 32.1. The molecule has 1 N–H and O–H groups in total. The van der Waals surface area contributed by atoms with Crippen molar-refractivity contribution in [1.82, 2.24) is 0 Å². The third-order valence-corrected chi connectivity index (χ3v) is 3.38. The van der Waals surface area contributed by atoms with Gasteiger partial charge < -0.3 is 5.11 Å². The first kappa shape index (κ1) is 11.5. The van der Waals surface area contributed by atoms with Crippen LogP contribution >= 0.6 is 11.3 Å². The fourth-order valence-electron chi connectivity index (χ4n) is 1.48. The van der Waals surface area contributed by atoms with Gasteiger partial charge in [-0.3, -0.25) is 4.79 Å². The number of carbonyl (C=O) groups excluding carboxylic acids is 1. The fourth-order valence-corrected chi connectivity index (χ4v) is 2.42. The van der Waals surface area contributed by atoms with Crippen molar-refractivity contribution in [2.24, 2.45) is 0 Å². The quantitative estimate of drug-likeness (QED) is 0.845. The summed E-state index contributed by atoms with van der Waals surface area (Å²) in [6.07, 6.45) is 0. The minimum Gasteiger partial charge on any atom is -0.478 e. The molecule has 0 bridgehead atoms. The van der Waals surface area contributed by atoms with E-state index in [0.717, 1.165) is 10.4 Å². The van der Waals surface area contributed by atoms with Gasteiger partial charge in [-0.15, -0.1) is 11.3 Å². The number of hydrogen-bond acceptors (Lipinski definition) is 3. The van der Waals surface area contributed by atoms with Crippen LogP contribution in [0.5, 0.6) is 0 Å². The molecule has 86 valence electrons. The second-order valence-electron chi connectivity index (χ2n) is 3.64. The number of ketones is 1. The average molecular weight is 246 g/mol. The van der Waals surface area contributed by atoms with Crippen molar-refractivity contribution in [2.75, 3.05) is 0 Å². The summed E-state index contributed by atoms with van der Waals surface area (Å²) >= 11 is 1.44. The van der Waals surface area contributed by atoms with Crippen LogP contribution in [-0.2, 0) is 0 Å². The molecule has 17 heavy (non-hydrogen) atoms. The number of thiophene rings is 1. The number of aromatic carboxylic acids is 1. The lowest BCUT2D eigenvalue weighted by atomic mass is 10.1. The number of carboxylic acid groups (broad SMARTS) is 1. The van der Waals surface area contributed by atoms with Crippen LogP contribution < -0.4 is 0 Å². The molecule has 2 aromatic rings. The lowest BCUT2D eigenvalue weighted by molar-refractivity contribution is 0.0696. The summed E-state index contributed by atoms with van der Waals surface area (Å²) in [5.41, 5.74) is 1.73. The molecule has 4 heteroatoms. The van der Waals surface area contributed by atoms with Crippen molar-refractivity contribution in [3.63, 3.8) is 0 Å². The minimum absolute atomic E-state index is 0.0156. The zero-order valence-electron chi connectivity index (χ0n) is 9.14. The van der Waals surface area contributed by atoms with Gasteiger partial charge in [0.1, 0.15) is 0 Å². The zero-order valence-corrected chi connectivity index (χ0v) is 9.95. The Morgan fingerprint density at radius 1 is 1.18 bits per heavy atom. The molecule has 0 aliphatic rings. The molecule has 3 nitrogen and oxygen atoms in total. The van der Waals surface area contributed by atoms with Crippen LogP contribution in [0, 0.1) is 0 Å². The van der Waals surface area contributed by atoms with Gasteiger partial charge in [-0.2, -0.15) is 0 Å². The Kier molecular flexibility index (Phi) is 3.06. The average Bonchev–Trinajstić information content (AvgIpc) is 2.78. The summed E-state index contributed by atoms with van der Waals surface area (Å²) in [7, 11) is 0. The molecular formula is C13H10O3S. The van der Waals surface area contributed by atoms with Crippen molar-refractivity contribution in [3.05, 3.63) is 46.8 Å². The van der Waals surface area contributed by atoms with Gasteiger partial charge in [0.05, 0.1) is 5.56 Å². The largest absolute Gasteiger partial charge is 0.478 e. The summed E-state index contributed by atoms with van der Waals surface area (Å²) < 4.78 is 0. The SMILES string of the molecule is CC(=O)c1csc(-c2cccc(C(=O)O)c2)c1. The number of carbonyl (C=O) groups is 2. The Hall–Kier alpha value is -1.94. The van der Waals surface area contributed by atoms with E-state index < -0.39 is 5.97 Å². The maximum absolute atomic E-state index is 11.2. The highest BCUT2D eigenvalue weighted by Crippen LogP contribution is 2.28. The van der Waals surface area contributed by atoms with E-state index in [1.165, 1.54) is 18.3 Å². The summed E-state index contributed by atoms with van der Waals surface area (Å²) in [6.45, 7) is 1.51. The van der Waals surface area contributed by atoms with Crippen molar-refractivity contribution in [2.45, 2.75) is 6.92 Å². The van der Waals surface area contributed by atoms with E-state index in [-0.39, 0.29) is 11.3 Å². The Morgan fingerprint density at radius 3 is 2.53 bits per heavy atom. The highest BCUT2D eigenvalue weighted by Gasteiger charge is 2.08. The number of carboxylic acids is 1. The van der Waals surface area contributed by atoms with Gasteiger partial charge in [0.2, 0.25) is 0 Å². The fraction of sp³-hybridized carbons (Fsp3) is 0.0769. The van der Waals surface area contributed by atoms with Gasteiger partial charge in [0.25, 0.3) is 0 Å². The number of Topliss-reactive ketones (excluding diaryl/α,β-unsaturated/α-hetero) is 1. The van der Waals surface area contributed by atoms with Crippen molar-refractivity contribution in [1.29, 1.82) is 0 Å². The first-order valence-corrected chi connectivity index (χ1v) is 5.89. The summed E-state index contributed by atoms with van der Waals surface area (Å²) in [6, 6.07) is 8.48. The predicted octanol–water partition coefficient (Wildman–Crippen LogP) is 3.32. The van der Waals surface area contributed by atoms with E-state index in [4.69, 9.17) is 5.11 Å². The predicted molar refractivity (Wildman–Crippen MR) is 66.7 cm³/mol. The summed E-state index contributed by atoms with van der Waals surface area (Å²) in [4.78, 5) is 22.9. The molecule has 0 aliphatic carbocycles. The van der Waals surface area contributed by atoms with Gasteiger partial charge in [-0.25, -0.2) is 4.79 Å². The van der Waals surface area contributed by atoms with Crippen LogP contribution in [0.4, 0.5) is 0 Å². The van der Waals surface area contributed by atoms with E-state index in [2.05, 4.69) is 0 Å². The van der Waals surface area contributed by atoms with Crippen LogP contribution in [0.15, 0.2) is 35.7 Å². The molecule has 0 spiro atoms. The smallest absolute Gasteiger partial charge is 0.335 e. The third kappa shape index (κ3) is 2.42. The van der Waals surface area contributed by atoms with Crippen LogP contribution in [0.25, 0.3) is 10.4 Å². The van der Waals surface area contributed by atoms with E-state index in [0.29, 0.717) is 5.56 Å². The molecule has 0 saturated carbocycles. The van der Waals surface area contributed by atoms with Gasteiger partial charge in [-0.1, -0.05) is 12.1 Å². The van der Waals surface area contributed by atoms with Gasteiger partial charge in [0.15, 0.2) is 5.78 Å². The van der Waals surface area contributed by atoms with Gasteiger partial charge in [-0.05, 0) is 30.7 Å². The molecule has 2 rings (SSSR count). The maximum atomic E-state index is 11.2. The van der Waals surface area contributed by atoms with E-state index >= 15 is 0 Å². The van der Waals surface area contributed by atoms with Crippen LogP contribution in [0.1, 0.15) is 27.6 Å². The number of hydrogen-bond donors (Lipinski definition) is 1. The lowest BCUT2D eigenvalue weighted by Crippen LogP contribution is -1.95. The molecule has 0 fully saturated rings. The Labute approximate surface area is 102 Å². The molecule has 0 amide bonds. The topological polar surface area (TPSA) is 54.4 Å². The van der Waals surface area contributed by atoms with Crippen LogP contribution in [-0.4, -0.2) is 16.9 Å². The maximum Gasteiger partial charge on any atom is 0.335 e. The van der Waals surface area contributed by atoms with Gasteiger partial charge in [0, 0.05) is 15.8 Å². The standard InChI is InChI=1S/C13H10O3S/c1-8(14)11-6-12(17-7-11)9-3-2-4-10(5-9)13(15)16/h2-7H,1H3,(H,15,16).